The lowest BCUT2D eigenvalue weighted by Gasteiger charge is -2.33. The Morgan fingerprint density at radius 1 is 1.07 bits per heavy atom. The predicted octanol–water partition coefficient (Wildman–Crippen LogP) is 4.19. The lowest BCUT2D eigenvalue weighted by molar-refractivity contribution is -0.384. The van der Waals surface area contributed by atoms with E-state index in [2.05, 4.69) is 5.32 Å². The van der Waals surface area contributed by atoms with Gasteiger partial charge in [0, 0.05) is 36.7 Å². The van der Waals surface area contributed by atoms with Gasteiger partial charge in [0.15, 0.2) is 0 Å². The zero-order valence-corrected chi connectivity index (χ0v) is 25.1. The molecule has 3 rings (SSSR count). The van der Waals surface area contributed by atoms with Crippen LogP contribution in [0.25, 0.3) is 0 Å². The first kappa shape index (κ1) is 32.4. The molecule has 0 saturated heterocycles. The maximum absolute atomic E-state index is 14.1. The van der Waals surface area contributed by atoms with Crippen LogP contribution in [0, 0.1) is 10.1 Å². The fourth-order valence-electron chi connectivity index (χ4n) is 4.31. The van der Waals surface area contributed by atoms with Crippen LogP contribution in [0.3, 0.4) is 0 Å². The number of nitro groups is 1. The molecular formula is C29H33ClN4O7S. The number of hydrogen-bond donors (Lipinski definition) is 1. The van der Waals surface area contributed by atoms with Gasteiger partial charge in [0.2, 0.25) is 21.8 Å². The Balaban J connectivity index is 2.12. The summed E-state index contributed by atoms with van der Waals surface area (Å²) in [4.78, 5) is 39.8. The maximum Gasteiger partial charge on any atom is 0.271 e. The number of nitrogens with zero attached hydrogens (tertiary/aromatic N) is 3. The van der Waals surface area contributed by atoms with Crippen LogP contribution in [0.1, 0.15) is 24.5 Å². The summed E-state index contributed by atoms with van der Waals surface area (Å²) < 4.78 is 32.1. The largest absolute Gasteiger partial charge is 0.495 e. The second-order valence-corrected chi connectivity index (χ2v) is 11.8. The fourth-order valence-corrected chi connectivity index (χ4v) is 5.35. The van der Waals surface area contributed by atoms with Gasteiger partial charge in [0.25, 0.3) is 5.69 Å². The molecule has 42 heavy (non-hydrogen) atoms. The molecule has 0 bridgehead atoms. The van der Waals surface area contributed by atoms with Gasteiger partial charge in [0.1, 0.15) is 24.0 Å². The first-order valence-electron chi connectivity index (χ1n) is 13.1. The van der Waals surface area contributed by atoms with E-state index in [9.17, 15) is 28.1 Å². The Morgan fingerprint density at radius 3 is 2.33 bits per heavy atom. The van der Waals surface area contributed by atoms with Crippen molar-refractivity contribution in [2.45, 2.75) is 32.4 Å². The van der Waals surface area contributed by atoms with Crippen LogP contribution in [0.15, 0.2) is 72.8 Å². The molecule has 11 nitrogen and oxygen atoms in total. The molecule has 0 aromatic heterocycles. The molecule has 3 aromatic rings. The number of hydrogen-bond acceptors (Lipinski definition) is 7. The van der Waals surface area contributed by atoms with Crippen LogP contribution in [-0.4, -0.2) is 62.6 Å². The average molecular weight is 617 g/mol. The first-order chi connectivity index (χ1) is 20.0. The van der Waals surface area contributed by atoms with Crippen molar-refractivity contribution in [3.05, 3.63) is 99.1 Å². The van der Waals surface area contributed by atoms with Crippen molar-refractivity contribution in [3.8, 4) is 5.75 Å². The van der Waals surface area contributed by atoms with Gasteiger partial charge in [0.05, 0.1) is 18.3 Å². The number of halogens is 1. The molecule has 1 N–H and O–H groups in total. The maximum atomic E-state index is 14.1. The monoisotopic (exact) mass is 616 g/mol. The van der Waals surface area contributed by atoms with Crippen LogP contribution in [-0.2, 0) is 32.6 Å². The number of amides is 2. The van der Waals surface area contributed by atoms with Crippen LogP contribution in [0.4, 0.5) is 11.4 Å². The second-order valence-electron chi connectivity index (χ2n) is 9.49. The summed E-state index contributed by atoms with van der Waals surface area (Å²) in [6.45, 7) is 1.42. The molecule has 0 saturated carbocycles. The van der Waals surface area contributed by atoms with Crippen molar-refractivity contribution in [2.75, 3.05) is 30.8 Å². The molecule has 0 unspecified atom stereocenters. The summed E-state index contributed by atoms with van der Waals surface area (Å²) in [5.41, 5.74) is 0.759. The second kappa shape index (κ2) is 14.6. The van der Waals surface area contributed by atoms with Crippen molar-refractivity contribution in [1.29, 1.82) is 0 Å². The van der Waals surface area contributed by atoms with Crippen LogP contribution in [0.2, 0.25) is 5.02 Å². The Morgan fingerprint density at radius 2 is 1.74 bits per heavy atom. The average Bonchev–Trinajstić information content (AvgIpc) is 2.96. The zero-order chi connectivity index (χ0) is 30.9. The quantitative estimate of drug-likeness (QED) is 0.212. The Labute approximate surface area is 250 Å². The van der Waals surface area contributed by atoms with E-state index < -0.39 is 39.3 Å². The van der Waals surface area contributed by atoms with E-state index in [4.69, 9.17) is 16.3 Å². The number of methoxy groups -OCH3 is 1. The van der Waals surface area contributed by atoms with Crippen molar-refractivity contribution < 1.29 is 27.7 Å². The Hall–Kier alpha value is -4.16. The normalized spacial score (nSPS) is 11.8. The lowest BCUT2D eigenvalue weighted by atomic mass is 10.0. The first-order valence-corrected chi connectivity index (χ1v) is 15.3. The molecular weight excluding hydrogens is 584 g/mol. The highest BCUT2D eigenvalue weighted by Gasteiger charge is 2.34. The van der Waals surface area contributed by atoms with Crippen molar-refractivity contribution in [1.82, 2.24) is 10.2 Å². The summed E-state index contributed by atoms with van der Waals surface area (Å²) in [5.74, 6) is -1.13. The van der Waals surface area contributed by atoms with E-state index >= 15 is 0 Å². The summed E-state index contributed by atoms with van der Waals surface area (Å²) in [5, 5.41) is 14.7. The number of rotatable bonds is 14. The molecule has 0 spiro atoms. The summed E-state index contributed by atoms with van der Waals surface area (Å²) in [6.07, 6.45) is 1.69. The van der Waals surface area contributed by atoms with E-state index in [1.54, 1.807) is 24.3 Å². The van der Waals surface area contributed by atoms with Crippen LogP contribution in [0.5, 0.6) is 5.75 Å². The van der Waals surface area contributed by atoms with Crippen LogP contribution < -0.4 is 14.4 Å². The van der Waals surface area contributed by atoms with Gasteiger partial charge in [-0.1, -0.05) is 67.1 Å². The molecule has 0 heterocycles. The number of ether oxygens (including phenoxy) is 1. The smallest absolute Gasteiger partial charge is 0.271 e. The minimum atomic E-state index is -4.17. The molecule has 1 atom stereocenters. The van der Waals surface area contributed by atoms with Crippen molar-refractivity contribution >= 4 is 44.8 Å². The van der Waals surface area contributed by atoms with E-state index in [1.807, 2.05) is 37.3 Å². The number of nitro benzene ring substituents is 1. The SMILES string of the molecule is CCCNC(=O)[C@H](Cc1ccccc1)N(Cc1ccccc1Cl)C(=O)CN(c1cc([N+](=O)[O-])ccc1OC)S(C)(=O)=O. The summed E-state index contributed by atoms with van der Waals surface area (Å²) in [7, 11) is -2.88. The molecule has 224 valence electrons. The topological polar surface area (TPSA) is 139 Å². The van der Waals surface area contributed by atoms with Gasteiger partial charge in [-0.3, -0.25) is 24.0 Å². The number of nitrogens with one attached hydrogen (secondary N) is 1. The minimum absolute atomic E-state index is 0.0120. The Bertz CT molecular complexity index is 1520. The minimum Gasteiger partial charge on any atom is -0.495 e. The van der Waals surface area contributed by atoms with Crippen molar-refractivity contribution in [2.24, 2.45) is 0 Å². The number of benzene rings is 3. The number of non-ortho nitro benzene ring substituents is 1. The van der Waals surface area contributed by atoms with Gasteiger partial charge in [-0.25, -0.2) is 8.42 Å². The molecule has 2 amide bonds. The van der Waals surface area contributed by atoms with Gasteiger partial charge in [-0.2, -0.15) is 0 Å². The lowest BCUT2D eigenvalue weighted by Crippen LogP contribution is -2.53. The number of anilines is 1. The van der Waals surface area contributed by atoms with Gasteiger partial charge in [-0.05, 0) is 29.7 Å². The predicted molar refractivity (Wildman–Crippen MR) is 161 cm³/mol. The fraction of sp³-hybridized carbons (Fsp3) is 0.310. The van der Waals surface area contributed by atoms with Gasteiger partial charge in [-0.15, -0.1) is 0 Å². The number of sulfonamides is 1. The third-order valence-electron chi connectivity index (χ3n) is 6.44. The Kier molecular flexibility index (Phi) is 11.3. The molecule has 0 radical (unpaired) electrons. The highest BCUT2D eigenvalue weighted by molar-refractivity contribution is 7.92. The third kappa shape index (κ3) is 8.43. The van der Waals surface area contributed by atoms with E-state index in [0.29, 0.717) is 23.6 Å². The van der Waals surface area contributed by atoms with Gasteiger partial charge >= 0.3 is 0 Å². The van der Waals surface area contributed by atoms with Crippen LogP contribution >= 0.6 is 11.6 Å². The zero-order valence-electron chi connectivity index (χ0n) is 23.5. The molecule has 0 aliphatic heterocycles. The molecule has 0 fully saturated rings. The van der Waals surface area contributed by atoms with E-state index in [0.717, 1.165) is 22.2 Å². The standard InChI is InChI=1S/C29H33ClN4O7S/c1-4-16-31-29(36)26(17-21-10-6-5-7-11-21)32(19-22-12-8-9-13-24(22)30)28(35)20-33(42(3,39)40)25-18-23(34(37)38)14-15-27(25)41-2/h5-15,18,26H,4,16-17,19-20H2,1-3H3,(H,31,36)/t26-/m0/s1. The molecule has 0 aliphatic rings. The highest BCUT2D eigenvalue weighted by atomic mass is 35.5. The highest BCUT2D eigenvalue weighted by Crippen LogP contribution is 2.34. The molecule has 3 aromatic carbocycles. The number of carbonyl (C=O) groups is 2. The summed E-state index contributed by atoms with van der Waals surface area (Å²) >= 11 is 6.44. The molecule has 13 heteroatoms. The van der Waals surface area contributed by atoms with E-state index in [1.165, 1.54) is 24.1 Å². The van der Waals surface area contributed by atoms with Gasteiger partial charge < -0.3 is 15.0 Å². The number of carbonyl (C=O) groups excluding carboxylic acids is 2. The molecule has 0 aliphatic carbocycles. The van der Waals surface area contributed by atoms with Crippen molar-refractivity contribution in [3.63, 3.8) is 0 Å². The third-order valence-corrected chi connectivity index (χ3v) is 7.94. The van der Waals surface area contributed by atoms with E-state index in [-0.39, 0.29) is 30.1 Å². The summed E-state index contributed by atoms with van der Waals surface area (Å²) in [6, 6.07) is 18.4.